The molecule has 0 fully saturated rings. The molecular formula is C20H20F5N3O2. The molecule has 1 unspecified atom stereocenters. The van der Waals surface area contributed by atoms with Gasteiger partial charge in [-0.25, -0.2) is 8.78 Å². The third kappa shape index (κ3) is 5.76. The van der Waals surface area contributed by atoms with E-state index in [1.165, 1.54) is 24.0 Å². The monoisotopic (exact) mass is 429 g/mol. The molecule has 5 nitrogen and oxygen atoms in total. The number of carbonyl (C=O) groups excluding carboxylic acids is 2. The third-order valence-corrected chi connectivity index (χ3v) is 4.40. The van der Waals surface area contributed by atoms with Crippen LogP contribution in [0.3, 0.4) is 0 Å². The Labute approximate surface area is 169 Å². The molecule has 1 atom stereocenters. The summed E-state index contributed by atoms with van der Waals surface area (Å²) in [6.07, 6.45) is -4.65. The highest BCUT2D eigenvalue weighted by Crippen LogP contribution is 2.34. The third-order valence-electron chi connectivity index (χ3n) is 4.40. The highest BCUT2D eigenvalue weighted by molar-refractivity contribution is 5.96. The Kier molecular flexibility index (Phi) is 7.49. The van der Waals surface area contributed by atoms with Crippen molar-refractivity contribution in [3.8, 4) is 0 Å². The number of rotatable bonds is 7. The molecular weight excluding hydrogens is 409 g/mol. The van der Waals surface area contributed by atoms with Gasteiger partial charge in [-0.2, -0.15) is 13.2 Å². The summed E-state index contributed by atoms with van der Waals surface area (Å²) in [5.74, 6) is -3.46. The van der Waals surface area contributed by atoms with Gasteiger partial charge in [-0.05, 0) is 37.7 Å². The SMILES string of the molecule is CCN(CC(=O)Nc1ccccc1C(F)(F)F)C(C)C(=O)Nc1c(F)cccc1F. The van der Waals surface area contributed by atoms with E-state index in [1.54, 1.807) is 6.92 Å². The van der Waals surface area contributed by atoms with Crippen LogP contribution >= 0.6 is 0 Å². The summed E-state index contributed by atoms with van der Waals surface area (Å²) in [7, 11) is 0. The van der Waals surface area contributed by atoms with E-state index in [-0.39, 0.29) is 6.54 Å². The maximum atomic E-state index is 13.7. The number of para-hydroxylation sites is 2. The maximum absolute atomic E-state index is 13.7. The van der Waals surface area contributed by atoms with E-state index < -0.39 is 59.1 Å². The highest BCUT2D eigenvalue weighted by Gasteiger charge is 2.34. The maximum Gasteiger partial charge on any atom is 0.418 e. The van der Waals surface area contributed by atoms with Crippen LogP contribution in [0.1, 0.15) is 19.4 Å². The number of nitrogens with zero attached hydrogens (tertiary/aromatic N) is 1. The van der Waals surface area contributed by atoms with Crippen molar-refractivity contribution in [2.24, 2.45) is 0 Å². The Morgan fingerprint density at radius 2 is 1.60 bits per heavy atom. The molecule has 2 aromatic rings. The molecule has 0 radical (unpaired) electrons. The summed E-state index contributed by atoms with van der Waals surface area (Å²) in [5.41, 5.74) is -2.02. The number of hydrogen-bond donors (Lipinski definition) is 2. The van der Waals surface area contributed by atoms with E-state index in [1.807, 2.05) is 0 Å². The van der Waals surface area contributed by atoms with Gasteiger partial charge in [0, 0.05) is 0 Å². The normalized spacial score (nSPS) is 12.5. The number of halogens is 5. The molecule has 0 aliphatic heterocycles. The number of hydrogen-bond acceptors (Lipinski definition) is 3. The van der Waals surface area contributed by atoms with Crippen molar-refractivity contribution in [3.05, 3.63) is 59.7 Å². The Balaban J connectivity index is 2.07. The van der Waals surface area contributed by atoms with Crippen molar-refractivity contribution in [2.45, 2.75) is 26.1 Å². The van der Waals surface area contributed by atoms with Gasteiger partial charge in [-0.15, -0.1) is 0 Å². The number of nitrogens with one attached hydrogen (secondary N) is 2. The molecule has 0 saturated heterocycles. The Morgan fingerprint density at radius 3 is 2.17 bits per heavy atom. The van der Waals surface area contributed by atoms with E-state index >= 15 is 0 Å². The second-order valence-corrected chi connectivity index (χ2v) is 6.42. The number of alkyl halides is 3. The number of amides is 2. The van der Waals surface area contributed by atoms with E-state index in [0.29, 0.717) is 0 Å². The Bertz CT molecular complexity index is 897. The standard InChI is InChI=1S/C20H20F5N3O2/c1-3-28(12(2)19(30)27-18-14(21)8-6-9-15(18)22)11-17(29)26-16-10-5-4-7-13(16)20(23,24)25/h4-10,12H,3,11H2,1-2H3,(H,26,29)(H,27,30). The Morgan fingerprint density at radius 1 is 1.00 bits per heavy atom. The minimum Gasteiger partial charge on any atom is -0.324 e. The van der Waals surface area contributed by atoms with Crippen LogP contribution in [0, 0.1) is 11.6 Å². The van der Waals surface area contributed by atoms with Gasteiger partial charge in [0.15, 0.2) is 0 Å². The minimum atomic E-state index is -4.65. The van der Waals surface area contributed by atoms with Crippen LogP contribution in [0.4, 0.5) is 33.3 Å². The zero-order valence-electron chi connectivity index (χ0n) is 16.2. The molecule has 0 aliphatic carbocycles. The van der Waals surface area contributed by atoms with E-state index in [2.05, 4.69) is 10.6 Å². The average Bonchev–Trinajstić information content (AvgIpc) is 2.68. The van der Waals surface area contributed by atoms with E-state index in [9.17, 15) is 31.5 Å². The van der Waals surface area contributed by atoms with Crippen LogP contribution in [0.5, 0.6) is 0 Å². The first kappa shape index (κ1) is 23.3. The van der Waals surface area contributed by atoms with Crippen LogP contribution in [0.25, 0.3) is 0 Å². The van der Waals surface area contributed by atoms with Gasteiger partial charge < -0.3 is 10.6 Å². The Hall–Kier alpha value is -3.01. The zero-order chi connectivity index (χ0) is 22.5. The average molecular weight is 429 g/mol. The van der Waals surface area contributed by atoms with Crippen molar-refractivity contribution >= 4 is 23.2 Å². The number of benzene rings is 2. The number of likely N-dealkylation sites (N-methyl/N-ethyl adjacent to an activating group) is 1. The lowest BCUT2D eigenvalue weighted by molar-refractivity contribution is -0.137. The van der Waals surface area contributed by atoms with Gasteiger partial charge in [0.25, 0.3) is 0 Å². The summed E-state index contributed by atoms with van der Waals surface area (Å²) in [4.78, 5) is 26.0. The van der Waals surface area contributed by atoms with Crippen LogP contribution in [0.2, 0.25) is 0 Å². The molecule has 0 bridgehead atoms. The molecule has 0 spiro atoms. The molecule has 162 valence electrons. The van der Waals surface area contributed by atoms with Gasteiger partial charge in [0.05, 0.1) is 23.8 Å². The van der Waals surface area contributed by atoms with Gasteiger partial charge in [-0.3, -0.25) is 14.5 Å². The number of carbonyl (C=O) groups is 2. The van der Waals surface area contributed by atoms with Gasteiger partial charge in [0.2, 0.25) is 11.8 Å². The summed E-state index contributed by atoms with van der Waals surface area (Å²) in [5, 5.41) is 4.33. The van der Waals surface area contributed by atoms with Crippen LogP contribution < -0.4 is 10.6 Å². The van der Waals surface area contributed by atoms with Crippen molar-refractivity contribution in [2.75, 3.05) is 23.7 Å². The topological polar surface area (TPSA) is 61.4 Å². The highest BCUT2D eigenvalue weighted by atomic mass is 19.4. The van der Waals surface area contributed by atoms with Crippen LogP contribution in [0.15, 0.2) is 42.5 Å². The zero-order valence-corrected chi connectivity index (χ0v) is 16.2. The molecule has 2 aromatic carbocycles. The summed E-state index contributed by atoms with van der Waals surface area (Å²) in [6.45, 7) is 2.82. The predicted octanol–water partition coefficient (Wildman–Crippen LogP) is 4.27. The summed E-state index contributed by atoms with van der Waals surface area (Å²) < 4.78 is 66.6. The van der Waals surface area contributed by atoms with Crippen molar-refractivity contribution in [1.29, 1.82) is 0 Å². The molecule has 0 aliphatic rings. The lowest BCUT2D eigenvalue weighted by Gasteiger charge is -2.26. The smallest absolute Gasteiger partial charge is 0.324 e. The first-order valence-electron chi connectivity index (χ1n) is 8.99. The quantitative estimate of drug-likeness (QED) is 0.647. The van der Waals surface area contributed by atoms with Gasteiger partial charge >= 0.3 is 6.18 Å². The molecule has 0 aromatic heterocycles. The molecule has 10 heteroatoms. The second-order valence-electron chi connectivity index (χ2n) is 6.42. The van der Waals surface area contributed by atoms with Crippen LogP contribution in [-0.4, -0.2) is 35.8 Å². The molecule has 2 N–H and O–H groups in total. The fourth-order valence-corrected chi connectivity index (χ4v) is 2.75. The molecule has 2 amide bonds. The molecule has 30 heavy (non-hydrogen) atoms. The lowest BCUT2D eigenvalue weighted by Crippen LogP contribution is -2.45. The fourth-order valence-electron chi connectivity index (χ4n) is 2.75. The largest absolute Gasteiger partial charge is 0.418 e. The molecule has 2 rings (SSSR count). The second kappa shape index (κ2) is 9.66. The molecule has 0 heterocycles. The summed E-state index contributed by atoms with van der Waals surface area (Å²) >= 11 is 0. The van der Waals surface area contributed by atoms with Gasteiger partial charge in [-0.1, -0.05) is 25.1 Å². The minimum absolute atomic E-state index is 0.183. The van der Waals surface area contributed by atoms with E-state index in [0.717, 1.165) is 30.3 Å². The lowest BCUT2D eigenvalue weighted by atomic mass is 10.1. The van der Waals surface area contributed by atoms with Gasteiger partial charge in [0.1, 0.15) is 17.3 Å². The summed E-state index contributed by atoms with van der Waals surface area (Å²) in [6, 6.07) is 6.62. The number of anilines is 2. The molecule has 0 saturated carbocycles. The van der Waals surface area contributed by atoms with Crippen molar-refractivity contribution in [3.63, 3.8) is 0 Å². The fraction of sp³-hybridized carbons (Fsp3) is 0.300. The first-order valence-corrected chi connectivity index (χ1v) is 8.99. The van der Waals surface area contributed by atoms with Crippen molar-refractivity contribution in [1.82, 2.24) is 4.90 Å². The first-order chi connectivity index (χ1) is 14.0. The van der Waals surface area contributed by atoms with E-state index in [4.69, 9.17) is 0 Å². The predicted molar refractivity (Wildman–Crippen MR) is 102 cm³/mol. The van der Waals surface area contributed by atoms with Crippen molar-refractivity contribution < 1.29 is 31.5 Å². The van der Waals surface area contributed by atoms with Crippen LogP contribution in [-0.2, 0) is 15.8 Å².